The Morgan fingerprint density at radius 3 is 3.00 bits per heavy atom. The second kappa shape index (κ2) is 7.48. The van der Waals surface area contributed by atoms with E-state index in [4.69, 9.17) is 16.3 Å². The lowest BCUT2D eigenvalue weighted by Crippen LogP contribution is -2.25. The normalized spacial score (nSPS) is 17.1. The molecule has 0 saturated heterocycles. The Hall–Kier alpha value is -1.93. The van der Waals surface area contributed by atoms with Crippen molar-refractivity contribution in [3.63, 3.8) is 0 Å². The molecular weight excluding hydrogens is 451 g/mol. The quantitative estimate of drug-likeness (QED) is 0.524. The third kappa shape index (κ3) is 3.12. The van der Waals surface area contributed by atoms with Gasteiger partial charge in [0.25, 0.3) is 0 Å². The molecule has 0 saturated carbocycles. The van der Waals surface area contributed by atoms with E-state index < -0.39 is 18.2 Å². The molecule has 2 unspecified atom stereocenters. The van der Waals surface area contributed by atoms with Crippen LogP contribution in [0.2, 0.25) is 5.02 Å². The Bertz CT molecular complexity index is 1060. The number of fused-ring (bicyclic) bond motifs is 2. The Morgan fingerprint density at radius 1 is 1.50 bits per heavy atom. The third-order valence-electron chi connectivity index (χ3n) is 4.99. The van der Waals surface area contributed by atoms with Crippen molar-refractivity contribution >= 4 is 44.4 Å². The van der Waals surface area contributed by atoms with Crippen molar-refractivity contribution in [3.8, 4) is 0 Å². The van der Waals surface area contributed by atoms with Gasteiger partial charge in [-0.3, -0.25) is 4.68 Å². The number of hydrogen-bond acceptors (Lipinski definition) is 4. The number of nitrogens with zero attached hydrogens (tertiary/aromatic N) is 4. The highest BCUT2D eigenvalue weighted by molar-refractivity contribution is 9.10. The highest BCUT2D eigenvalue weighted by Crippen LogP contribution is 2.35. The summed E-state index contributed by atoms with van der Waals surface area (Å²) in [7, 11) is 0. The molecule has 0 bridgehead atoms. The van der Waals surface area contributed by atoms with Crippen LogP contribution in [-0.2, 0) is 28.9 Å². The number of hydrogen-bond donors (Lipinski definition) is 0. The SMILES string of the molecule is CCOC(=O)C(c1ncn2c1CC(F)C2)n1cc2c(Cl)cc(Br)c(CC)c2n1. The van der Waals surface area contributed by atoms with Crippen molar-refractivity contribution in [1.82, 2.24) is 19.3 Å². The van der Waals surface area contributed by atoms with E-state index in [1.165, 1.54) is 4.68 Å². The van der Waals surface area contributed by atoms with Crippen molar-refractivity contribution in [2.45, 2.75) is 45.4 Å². The maximum atomic E-state index is 13.9. The second-order valence-electron chi connectivity index (χ2n) is 6.73. The van der Waals surface area contributed by atoms with Gasteiger partial charge in [0.1, 0.15) is 6.17 Å². The topological polar surface area (TPSA) is 61.9 Å². The van der Waals surface area contributed by atoms with Crippen molar-refractivity contribution in [1.29, 1.82) is 0 Å². The average molecular weight is 470 g/mol. The summed E-state index contributed by atoms with van der Waals surface area (Å²) < 4.78 is 23.3. The zero-order valence-corrected chi connectivity index (χ0v) is 17.8. The monoisotopic (exact) mass is 468 g/mol. The largest absolute Gasteiger partial charge is 0.464 e. The Balaban J connectivity index is 1.89. The molecule has 4 rings (SSSR count). The number of carbonyl (C=O) groups is 1. The molecule has 1 aliphatic heterocycles. The molecule has 6 nitrogen and oxygen atoms in total. The molecule has 0 radical (unpaired) electrons. The molecule has 2 aromatic heterocycles. The Morgan fingerprint density at radius 2 is 2.29 bits per heavy atom. The summed E-state index contributed by atoms with van der Waals surface area (Å²) in [5, 5.41) is 5.95. The fraction of sp³-hybridized carbons (Fsp3) is 0.421. The summed E-state index contributed by atoms with van der Waals surface area (Å²) in [5.41, 5.74) is 2.89. The van der Waals surface area contributed by atoms with E-state index in [9.17, 15) is 9.18 Å². The predicted molar refractivity (Wildman–Crippen MR) is 107 cm³/mol. The molecule has 1 aromatic carbocycles. The molecule has 0 N–H and O–H groups in total. The van der Waals surface area contributed by atoms with Gasteiger partial charge < -0.3 is 9.30 Å². The molecular formula is C19H19BrClFN4O2. The van der Waals surface area contributed by atoms with Gasteiger partial charge in [-0.15, -0.1) is 0 Å². The van der Waals surface area contributed by atoms with Gasteiger partial charge in [0.2, 0.25) is 0 Å². The second-order valence-corrected chi connectivity index (χ2v) is 7.99. The van der Waals surface area contributed by atoms with E-state index in [-0.39, 0.29) is 19.6 Å². The smallest absolute Gasteiger partial charge is 0.337 e. The van der Waals surface area contributed by atoms with Crippen LogP contribution in [0.1, 0.15) is 36.8 Å². The summed E-state index contributed by atoms with van der Waals surface area (Å²) in [4.78, 5) is 17.2. The summed E-state index contributed by atoms with van der Waals surface area (Å²) in [6, 6.07) is 0.935. The molecule has 3 heterocycles. The maximum Gasteiger partial charge on any atom is 0.337 e. The maximum absolute atomic E-state index is 13.9. The van der Waals surface area contributed by atoms with Crippen molar-refractivity contribution in [2.24, 2.45) is 0 Å². The van der Waals surface area contributed by atoms with Gasteiger partial charge in [-0.25, -0.2) is 14.2 Å². The lowest BCUT2D eigenvalue weighted by atomic mass is 10.1. The highest BCUT2D eigenvalue weighted by atomic mass is 79.9. The van der Waals surface area contributed by atoms with Gasteiger partial charge >= 0.3 is 5.97 Å². The van der Waals surface area contributed by atoms with Gasteiger partial charge in [0, 0.05) is 28.2 Å². The standard InChI is InChI=1S/C19H19BrClFN4O2/c1-3-11-13(20)6-14(21)12-8-26(24-16(11)12)18(19(27)28-4-2)17-15-5-10(22)7-25(15)9-23-17/h6,8-10,18H,3-5,7H2,1-2H3. The third-order valence-corrected chi connectivity index (χ3v) is 6.01. The van der Waals surface area contributed by atoms with Crippen LogP contribution in [0, 0.1) is 0 Å². The van der Waals surface area contributed by atoms with E-state index in [1.54, 1.807) is 24.0 Å². The van der Waals surface area contributed by atoms with Crippen molar-refractivity contribution in [3.05, 3.63) is 45.0 Å². The van der Waals surface area contributed by atoms with Crippen LogP contribution in [0.3, 0.4) is 0 Å². The number of alkyl halides is 1. The van der Waals surface area contributed by atoms with Crippen LogP contribution < -0.4 is 0 Å². The number of aromatic nitrogens is 4. The van der Waals surface area contributed by atoms with E-state index in [1.807, 2.05) is 13.0 Å². The van der Waals surface area contributed by atoms with Crippen LogP contribution in [0.15, 0.2) is 23.1 Å². The molecule has 2 atom stereocenters. The van der Waals surface area contributed by atoms with Gasteiger partial charge in [-0.1, -0.05) is 34.5 Å². The van der Waals surface area contributed by atoms with E-state index in [0.717, 1.165) is 27.4 Å². The molecule has 0 fully saturated rings. The predicted octanol–water partition coefficient (Wildman–Crippen LogP) is 4.26. The number of rotatable bonds is 5. The molecule has 0 spiro atoms. The first kappa shape index (κ1) is 19.4. The minimum absolute atomic E-state index is 0.221. The van der Waals surface area contributed by atoms with Crippen LogP contribution in [0.5, 0.6) is 0 Å². The van der Waals surface area contributed by atoms with E-state index >= 15 is 0 Å². The van der Waals surface area contributed by atoms with E-state index in [0.29, 0.717) is 16.4 Å². The first-order chi connectivity index (χ1) is 13.4. The fourth-order valence-corrected chi connectivity index (χ4v) is 4.81. The molecule has 0 aliphatic carbocycles. The van der Waals surface area contributed by atoms with Crippen molar-refractivity contribution < 1.29 is 13.9 Å². The van der Waals surface area contributed by atoms with Gasteiger partial charge in [0.05, 0.1) is 35.7 Å². The number of halogens is 3. The minimum Gasteiger partial charge on any atom is -0.464 e. The van der Waals surface area contributed by atoms with Gasteiger partial charge in [0.15, 0.2) is 6.04 Å². The molecule has 28 heavy (non-hydrogen) atoms. The fourth-order valence-electron chi connectivity index (χ4n) is 3.73. The molecule has 9 heteroatoms. The first-order valence-electron chi connectivity index (χ1n) is 9.14. The van der Waals surface area contributed by atoms with E-state index in [2.05, 4.69) is 26.0 Å². The van der Waals surface area contributed by atoms with Crippen molar-refractivity contribution in [2.75, 3.05) is 6.61 Å². The molecule has 148 valence electrons. The molecule has 1 aliphatic rings. The van der Waals surface area contributed by atoms with Gasteiger partial charge in [-0.05, 0) is 25.0 Å². The molecule has 3 aromatic rings. The van der Waals surface area contributed by atoms with Gasteiger partial charge in [-0.2, -0.15) is 5.10 Å². The highest BCUT2D eigenvalue weighted by Gasteiger charge is 2.35. The summed E-state index contributed by atoms with van der Waals surface area (Å²) in [6.07, 6.45) is 3.30. The number of aryl methyl sites for hydroxylation is 1. The van der Waals surface area contributed by atoms with Crippen LogP contribution >= 0.6 is 27.5 Å². The van der Waals surface area contributed by atoms with Crippen LogP contribution in [0.4, 0.5) is 4.39 Å². The summed E-state index contributed by atoms with van der Waals surface area (Å²) in [6.45, 7) is 4.24. The Labute approximate surface area is 174 Å². The van der Waals surface area contributed by atoms with Crippen LogP contribution in [0.25, 0.3) is 10.9 Å². The number of ether oxygens (including phenoxy) is 1. The number of esters is 1. The van der Waals surface area contributed by atoms with Crippen LogP contribution in [-0.4, -0.2) is 38.1 Å². The lowest BCUT2D eigenvalue weighted by Gasteiger charge is -2.15. The Kier molecular flexibility index (Phi) is 5.18. The average Bonchev–Trinajstić information content (AvgIpc) is 3.31. The number of carbonyl (C=O) groups excluding carboxylic acids is 1. The summed E-state index contributed by atoms with van der Waals surface area (Å²) >= 11 is 9.95. The summed E-state index contributed by atoms with van der Waals surface area (Å²) in [5.74, 6) is -0.479. The first-order valence-corrected chi connectivity index (χ1v) is 10.3. The number of imidazole rings is 1. The number of benzene rings is 1. The minimum atomic E-state index is -0.978. The molecule has 0 amide bonds. The lowest BCUT2D eigenvalue weighted by molar-refractivity contribution is -0.146. The zero-order valence-electron chi connectivity index (χ0n) is 15.5. The zero-order chi connectivity index (χ0) is 20.0.